The Balaban J connectivity index is 0.000000351. The summed E-state index contributed by atoms with van der Waals surface area (Å²) in [4.78, 5) is 20.5. The van der Waals surface area contributed by atoms with Crippen molar-refractivity contribution >= 4 is 22.9 Å². The lowest BCUT2D eigenvalue weighted by atomic mass is 10.1. The van der Waals surface area contributed by atoms with E-state index in [-0.39, 0.29) is 6.04 Å². The number of fused-ring (bicyclic) bond motifs is 1. The van der Waals surface area contributed by atoms with Crippen molar-refractivity contribution in [1.82, 2.24) is 0 Å². The highest BCUT2D eigenvalue weighted by Gasteiger charge is 2.38. The van der Waals surface area contributed by atoms with E-state index in [1.54, 1.807) is 6.07 Å². The van der Waals surface area contributed by atoms with Gasteiger partial charge in [0.25, 0.3) is 0 Å². The van der Waals surface area contributed by atoms with Gasteiger partial charge in [-0.05, 0) is 37.6 Å². The van der Waals surface area contributed by atoms with E-state index in [0.29, 0.717) is 16.9 Å². The first kappa shape index (κ1) is 19.5. The number of methoxy groups -OCH3 is 1. The number of carbonyl (C=O) groups is 2. The first-order chi connectivity index (χ1) is 11.0. The lowest BCUT2D eigenvalue weighted by Gasteiger charge is -2.02. The Morgan fingerprint density at radius 2 is 1.83 bits per heavy atom. The van der Waals surface area contributed by atoms with E-state index in [1.165, 1.54) is 7.11 Å². The number of carboxylic acids is 1. The van der Waals surface area contributed by atoms with Crippen molar-refractivity contribution in [2.45, 2.75) is 26.1 Å². The predicted molar refractivity (Wildman–Crippen MR) is 78.6 cm³/mol. The van der Waals surface area contributed by atoms with E-state index < -0.39 is 18.1 Å². The summed E-state index contributed by atoms with van der Waals surface area (Å²) in [6.45, 7) is 3.76. The molecule has 0 fully saturated rings. The summed E-state index contributed by atoms with van der Waals surface area (Å²) < 4.78 is 42.1. The van der Waals surface area contributed by atoms with Gasteiger partial charge in [-0.2, -0.15) is 13.2 Å². The number of benzene rings is 1. The van der Waals surface area contributed by atoms with Crippen molar-refractivity contribution in [3.05, 3.63) is 35.1 Å². The van der Waals surface area contributed by atoms with Gasteiger partial charge in [0.1, 0.15) is 16.9 Å². The molecule has 0 amide bonds. The summed E-state index contributed by atoms with van der Waals surface area (Å²) >= 11 is 0. The Labute approximate surface area is 135 Å². The van der Waals surface area contributed by atoms with E-state index >= 15 is 0 Å². The molecule has 24 heavy (non-hydrogen) atoms. The van der Waals surface area contributed by atoms with Crippen LogP contribution in [0, 0.1) is 6.92 Å². The lowest BCUT2D eigenvalue weighted by Crippen LogP contribution is -2.21. The van der Waals surface area contributed by atoms with E-state index in [2.05, 4.69) is 0 Å². The second-order valence-electron chi connectivity index (χ2n) is 4.96. The van der Waals surface area contributed by atoms with Gasteiger partial charge in [-0.25, -0.2) is 9.59 Å². The zero-order chi connectivity index (χ0) is 18.7. The first-order valence-electron chi connectivity index (χ1n) is 6.65. The second-order valence-corrected chi connectivity index (χ2v) is 4.96. The number of hydrogen-bond acceptors (Lipinski definition) is 5. The van der Waals surface area contributed by atoms with Gasteiger partial charge < -0.3 is 20.0 Å². The second kappa shape index (κ2) is 7.35. The fourth-order valence-corrected chi connectivity index (χ4v) is 1.81. The van der Waals surface area contributed by atoms with Crippen LogP contribution in [0.5, 0.6) is 0 Å². The molecule has 0 saturated heterocycles. The van der Waals surface area contributed by atoms with Crippen molar-refractivity contribution in [2.75, 3.05) is 7.11 Å². The zero-order valence-electron chi connectivity index (χ0n) is 13.1. The number of nitrogens with two attached hydrogens (primary N) is 1. The normalized spacial score (nSPS) is 12.3. The maximum absolute atomic E-state index is 11.6. The van der Waals surface area contributed by atoms with E-state index in [9.17, 15) is 18.0 Å². The van der Waals surface area contributed by atoms with E-state index in [0.717, 1.165) is 10.9 Å². The Kier molecular flexibility index (Phi) is 5.97. The number of alkyl halides is 3. The lowest BCUT2D eigenvalue weighted by molar-refractivity contribution is -0.192. The number of esters is 1. The summed E-state index contributed by atoms with van der Waals surface area (Å²) in [5, 5.41) is 8.00. The number of halogens is 3. The van der Waals surface area contributed by atoms with Crippen LogP contribution in [-0.2, 0) is 9.53 Å². The molecule has 1 atom stereocenters. The van der Waals surface area contributed by atoms with Crippen LogP contribution < -0.4 is 5.73 Å². The number of rotatable bonds is 2. The average molecular weight is 347 g/mol. The molecule has 1 aromatic carbocycles. The number of carboxylic acid groups (broad SMARTS) is 1. The maximum atomic E-state index is 11.6. The Bertz CT molecular complexity index is 749. The number of ether oxygens (including phenoxy) is 1. The molecule has 1 unspecified atom stereocenters. The minimum atomic E-state index is -5.08. The molecule has 0 bridgehead atoms. The highest BCUT2D eigenvalue weighted by atomic mass is 19.4. The maximum Gasteiger partial charge on any atom is 0.490 e. The topological polar surface area (TPSA) is 103 Å². The van der Waals surface area contributed by atoms with E-state index in [4.69, 9.17) is 24.8 Å². The first-order valence-corrected chi connectivity index (χ1v) is 6.65. The third-order valence-electron chi connectivity index (χ3n) is 2.88. The van der Waals surface area contributed by atoms with Crippen molar-refractivity contribution < 1.29 is 37.0 Å². The fraction of sp³-hybridized carbons (Fsp3) is 0.333. The molecule has 0 spiro atoms. The Morgan fingerprint density at radius 1 is 1.29 bits per heavy atom. The minimum Gasteiger partial charge on any atom is -0.475 e. The number of aryl methyl sites for hydroxylation is 1. The monoisotopic (exact) mass is 347 g/mol. The van der Waals surface area contributed by atoms with Crippen LogP contribution >= 0.6 is 0 Å². The SMILES string of the molecule is COC(=O)c1cc(C)cc2cc(C(C)N)oc12.O=C(O)C(F)(F)F. The molecule has 0 aliphatic carbocycles. The fourth-order valence-electron chi connectivity index (χ4n) is 1.81. The van der Waals surface area contributed by atoms with Gasteiger partial charge in [0.15, 0.2) is 0 Å². The number of aliphatic carboxylic acids is 1. The molecule has 0 saturated carbocycles. The van der Waals surface area contributed by atoms with Gasteiger partial charge in [0, 0.05) is 5.39 Å². The van der Waals surface area contributed by atoms with Gasteiger partial charge in [-0.15, -0.1) is 0 Å². The van der Waals surface area contributed by atoms with Crippen LogP contribution in [-0.4, -0.2) is 30.3 Å². The minimum absolute atomic E-state index is 0.201. The van der Waals surface area contributed by atoms with Crippen molar-refractivity contribution in [3.63, 3.8) is 0 Å². The van der Waals surface area contributed by atoms with Crippen molar-refractivity contribution in [2.24, 2.45) is 5.73 Å². The van der Waals surface area contributed by atoms with Crippen molar-refractivity contribution in [1.29, 1.82) is 0 Å². The zero-order valence-corrected chi connectivity index (χ0v) is 13.1. The average Bonchev–Trinajstić information content (AvgIpc) is 2.89. The summed E-state index contributed by atoms with van der Waals surface area (Å²) in [5.74, 6) is -2.49. The van der Waals surface area contributed by atoms with Crippen LogP contribution in [0.3, 0.4) is 0 Å². The van der Waals surface area contributed by atoms with Gasteiger partial charge in [-0.3, -0.25) is 0 Å². The molecule has 9 heteroatoms. The molecule has 3 N–H and O–H groups in total. The molecule has 1 aromatic heterocycles. The number of carbonyl (C=O) groups excluding carboxylic acids is 1. The highest BCUT2D eigenvalue weighted by Crippen LogP contribution is 2.27. The third-order valence-corrected chi connectivity index (χ3v) is 2.88. The van der Waals surface area contributed by atoms with Gasteiger partial charge in [0.2, 0.25) is 0 Å². The van der Waals surface area contributed by atoms with E-state index in [1.807, 2.05) is 26.0 Å². The molecular formula is C15H16F3NO5. The largest absolute Gasteiger partial charge is 0.490 e. The molecule has 2 aromatic rings. The van der Waals surface area contributed by atoms with Crippen LogP contribution in [0.2, 0.25) is 0 Å². The molecule has 132 valence electrons. The van der Waals surface area contributed by atoms with Crippen LogP contribution in [0.1, 0.15) is 34.6 Å². The summed E-state index contributed by atoms with van der Waals surface area (Å²) in [5.41, 5.74) is 7.72. The predicted octanol–water partition coefficient (Wildman–Crippen LogP) is 3.18. The molecule has 0 radical (unpaired) electrons. The molecule has 0 aliphatic rings. The molecule has 2 rings (SSSR count). The van der Waals surface area contributed by atoms with Crippen molar-refractivity contribution in [3.8, 4) is 0 Å². The molecule has 6 nitrogen and oxygen atoms in total. The quantitative estimate of drug-likeness (QED) is 0.809. The van der Waals surface area contributed by atoms with Crippen LogP contribution in [0.25, 0.3) is 11.0 Å². The summed E-state index contributed by atoms with van der Waals surface area (Å²) in [6.07, 6.45) is -5.08. The Hall–Kier alpha value is -2.55. The van der Waals surface area contributed by atoms with Gasteiger partial charge in [-0.1, -0.05) is 0 Å². The Morgan fingerprint density at radius 3 is 2.25 bits per heavy atom. The standard InChI is InChI=1S/C13H15NO3.C2HF3O2/c1-7-4-9-6-11(8(2)14)17-12(9)10(5-7)13(15)16-3;3-2(4,5)1(6)7/h4-6,8H,14H2,1-3H3;(H,6,7). The molecular weight excluding hydrogens is 331 g/mol. The number of hydrogen-bond donors (Lipinski definition) is 2. The smallest absolute Gasteiger partial charge is 0.475 e. The summed E-state index contributed by atoms with van der Waals surface area (Å²) in [6, 6.07) is 5.37. The summed E-state index contributed by atoms with van der Waals surface area (Å²) in [7, 11) is 1.35. The molecule has 1 heterocycles. The number of furan rings is 1. The third kappa shape index (κ3) is 4.72. The van der Waals surface area contributed by atoms with Crippen LogP contribution in [0.4, 0.5) is 13.2 Å². The van der Waals surface area contributed by atoms with Crippen LogP contribution in [0.15, 0.2) is 22.6 Å². The van der Waals surface area contributed by atoms with Gasteiger partial charge >= 0.3 is 18.1 Å². The molecule has 0 aliphatic heterocycles. The highest BCUT2D eigenvalue weighted by molar-refractivity contribution is 6.02. The van der Waals surface area contributed by atoms with Gasteiger partial charge in [0.05, 0.1) is 13.2 Å².